The molecular weight excluding hydrogens is 438 g/mol. The van der Waals surface area contributed by atoms with Gasteiger partial charge in [-0.05, 0) is 63.2 Å². The molecule has 5 amide bonds. The number of esters is 1. The molecule has 166 valence electrons. The number of ether oxygens (including phenoxy) is 1. The van der Waals surface area contributed by atoms with E-state index in [9.17, 15) is 24.0 Å². The topological polar surface area (TPSA) is 122 Å². The van der Waals surface area contributed by atoms with Crippen molar-refractivity contribution in [2.24, 2.45) is 0 Å². The third-order valence-electron chi connectivity index (χ3n) is 4.28. The van der Waals surface area contributed by atoms with Crippen molar-refractivity contribution in [1.29, 1.82) is 0 Å². The summed E-state index contributed by atoms with van der Waals surface area (Å²) in [5.41, 5.74) is -0.0498. The third kappa shape index (κ3) is 5.12. The first kappa shape index (κ1) is 23.0. The maximum atomic E-state index is 12.8. The zero-order chi connectivity index (χ0) is 23.6. The molecule has 9 nitrogen and oxygen atoms in total. The number of benzene rings is 2. The average Bonchev–Trinajstić information content (AvgIpc) is 2.95. The van der Waals surface area contributed by atoms with Crippen LogP contribution in [-0.4, -0.2) is 41.9 Å². The highest BCUT2D eigenvalue weighted by Gasteiger charge is 2.37. The predicted molar refractivity (Wildman–Crippen MR) is 116 cm³/mol. The van der Waals surface area contributed by atoms with Gasteiger partial charge in [-0.3, -0.25) is 19.7 Å². The number of hydrogen-bond acceptors (Lipinski definition) is 6. The first-order valence-corrected chi connectivity index (χ1v) is 9.91. The molecule has 2 aromatic carbocycles. The molecule has 0 aromatic heterocycles. The zero-order valence-electron chi connectivity index (χ0n) is 17.5. The Hall–Kier alpha value is -3.72. The minimum atomic E-state index is -0.885. The van der Waals surface area contributed by atoms with E-state index in [2.05, 4.69) is 5.32 Å². The monoisotopic (exact) mass is 457 g/mol. The Labute approximate surface area is 188 Å². The van der Waals surface area contributed by atoms with Crippen molar-refractivity contribution in [2.45, 2.75) is 26.3 Å². The van der Waals surface area contributed by atoms with Gasteiger partial charge in [0.25, 0.3) is 17.7 Å². The fraction of sp³-hybridized carbons (Fsp3) is 0.227. The van der Waals surface area contributed by atoms with Crippen LogP contribution in [0.1, 0.15) is 51.8 Å². The Kier molecular flexibility index (Phi) is 6.31. The number of rotatable bonds is 4. The molecule has 3 rings (SSSR count). The van der Waals surface area contributed by atoms with Crippen LogP contribution in [0.25, 0.3) is 0 Å². The number of hydrogen-bond donors (Lipinski definition) is 2. The summed E-state index contributed by atoms with van der Waals surface area (Å²) in [6, 6.07) is 9.36. The summed E-state index contributed by atoms with van der Waals surface area (Å²) >= 11 is 5.85. The fourth-order valence-electron chi connectivity index (χ4n) is 2.94. The minimum Gasteiger partial charge on any atom is -0.452 e. The summed E-state index contributed by atoms with van der Waals surface area (Å²) in [4.78, 5) is 62.2. The van der Waals surface area contributed by atoms with Gasteiger partial charge in [0.1, 0.15) is 0 Å². The minimum absolute atomic E-state index is 0.0187. The summed E-state index contributed by atoms with van der Waals surface area (Å²) in [5, 5.41) is 5.03. The van der Waals surface area contributed by atoms with Gasteiger partial charge in [-0.2, -0.15) is 0 Å². The first-order valence-electron chi connectivity index (χ1n) is 9.54. The Balaban J connectivity index is 1.67. The van der Waals surface area contributed by atoms with E-state index >= 15 is 0 Å². The Morgan fingerprint density at radius 1 is 0.969 bits per heavy atom. The SMILES string of the molecule is CC(C)(C)NC(=O)NC(=O)COC(=O)c1ccc2c(c1)C(=O)N(c1ccc(Cl)cc1)C2=O. The van der Waals surface area contributed by atoms with Crippen molar-refractivity contribution in [3.05, 3.63) is 64.2 Å². The number of nitrogens with one attached hydrogen (secondary N) is 2. The molecular formula is C22H20ClN3O6. The standard InChI is InChI=1S/C22H20ClN3O6/c1-22(2,3)25-21(31)24-17(27)11-32-20(30)12-4-9-15-16(10-12)19(29)26(18(15)28)14-7-5-13(23)6-8-14/h4-10H,11H2,1-3H3,(H2,24,25,27,31). The number of carbonyl (C=O) groups is 5. The van der Waals surface area contributed by atoms with Crippen molar-refractivity contribution in [2.75, 3.05) is 11.5 Å². The number of amides is 5. The van der Waals surface area contributed by atoms with Crippen LogP contribution in [0, 0.1) is 0 Å². The van der Waals surface area contributed by atoms with E-state index in [0.29, 0.717) is 10.7 Å². The number of carbonyl (C=O) groups excluding carboxylic acids is 5. The first-order chi connectivity index (χ1) is 15.0. The van der Waals surface area contributed by atoms with Crippen LogP contribution < -0.4 is 15.5 Å². The van der Waals surface area contributed by atoms with Gasteiger partial charge in [0, 0.05) is 10.6 Å². The Bertz CT molecular complexity index is 1120. The second-order valence-corrected chi connectivity index (χ2v) is 8.45. The molecule has 32 heavy (non-hydrogen) atoms. The summed E-state index contributed by atoms with van der Waals surface area (Å²) in [5.74, 6) is -2.83. The molecule has 10 heteroatoms. The van der Waals surface area contributed by atoms with Gasteiger partial charge in [0.2, 0.25) is 0 Å². The fourth-order valence-corrected chi connectivity index (χ4v) is 3.07. The Morgan fingerprint density at radius 3 is 2.22 bits per heavy atom. The lowest BCUT2D eigenvalue weighted by Crippen LogP contribution is -2.49. The zero-order valence-corrected chi connectivity index (χ0v) is 18.3. The molecule has 0 saturated heterocycles. The van der Waals surface area contributed by atoms with E-state index in [4.69, 9.17) is 16.3 Å². The van der Waals surface area contributed by atoms with Crippen molar-refractivity contribution in [3.63, 3.8) is 0 Å². The molecule has 2 N–H and O–H groups in total. The van der Waals surface area contributed by atoms with Gasteiger partial charge in [0.05, 0.1) is 22.4 Å². The van der Waals surface area contributed by atoms with Crippen molar-refractivity contribution in [1.82, 2.24) is 10.6 Å². The molecule has 0 radical (unpaired) electrons. The highest BCUT2D eigenvalue weighted by Crippen LogP contribution is 2.30. The lowest BCUT2D eigenvalue weighted by molar-refractivity contribution is -0.123. The molecule has 1 aliphatic heterocycles. The molecule has 0 unspecified atom stereocenters. The molecule has 0 bridgehead atoms. The van der Waals surface area contributed by atoms with Gasteiger partial charge in [-0.15, -0.1) is 0 Å². The van der Waals surface area contributed by atoms with Crippen molar-refractivity contribution in [3.8, 4) is 0 Å². The van der Waals surface area contributed by atoms with E-state index in [-0.39, 0.29) is 16.7 Å². The molecule has 0 atom stereocenters. The molecule has 0 fully saturated rings. The van der Waals surface area contributed by atoms with E-state index in [1.165, 1.54) is 30.3 Å². The summed E-state index contributed by atoms with van der Waals surface area (Å²) in [6.45, 7) is 4.53. The second kappa shape index (κ2) is 8.80. The lowest BCUT2D eigenvalue weighted by Gasteiger charge is -2.20. The van der Waals surface area contributed by atoms with E-state index in [1.54, 1.807) is 32.9 Å². The maximum absolute atomic E-state index is 12.8. The number of fused-ring (bicyclic) bond motifs is 1. The van der Waals surface area contributed by atoms with Gasteiger partial charge in [-0.25, -0.2) is 14.5 Å². The number of imide groups is 2. The summed E-state index contributed by atoms with van der Waals surface area (Å²) in [7, 11) is 0. The largest absolute Gasteiger partial charge is 0.452 e. The second-order valence-electron chi connectivity index (χ2n) is 8.01. The third-order valence-corrected chi connectivity index (χ3v) is 4.53. The van der Waals surface area contributed by atoms with Crippen molar-refractivity contribution < 1.29 is 28.7 Å². The van der Waals surface area contributed by atoms with Crippen LogP contribution >= 0.6 is 11.6 Å². The highest BCUT2D eigenvalue weighted by atomic mass is 35.5. The smallest absolute Gasteiger partial charge is 0.338 e. The molecule has 0 spiro atoms. The van der Waals surface area contributed by atoms with Crippen molar-refractivity contribution >= 4 is 47.0 Å². The maximum Gasteiger partial charge on any atom is 0.338 e. The predicted octanol–water partition coefficient (Wildman–Crippen LogP) is 2.92. The normalized spacial score (nSPS) is 12.9. The van der Waals surface area contributed by atoms with Crippen LogP contribution in [0.2, 0.25) is 5.02 Å². The number of halogens is 1. The van der Waals surface area contributed by atoms with E-state index in [1.807, 2.05) is 5.32 Å². The highest BCUT2D eigenvalue weighted by molar-refractivity contribution is 6.35. The lowest BCUT2D eigenvalue weighted by atomic mass is 10.1. The summed E-state index contributed by atoms with van der Waals surface area (Å²) in [6.07, 6.45) is 0. The number of nitrogens with zero attached hydrogens (tertiary/aromatic N) is 1. The molecule has 2 aromatic rings. The average molecular weight is 458 g/mol. The quantitative estimate of drug-likeness (QED) is 0.537. The molecule has 1 aliphatic rings. The van der Waals surface area contributed by atoms with E-state index < -0.39 is 41.9 Å². The van der Waals surface area contributed by atoms with Crippen LogP contribution in [0.15, 0.2) is 42.5 Å². The van der Waals surface area contributed by atoms with Crippen LogP contribution in [0.4, 0.5) is 10.5 Å². The Morgan fingerprint density at radius 2 is 1.59 bits per heavy atom. The number of urea groups is 1. The van der Waals surface area contributed by atoms with Crippen LogP contribution in [0.5, 0.6) is 0 Å². The molecule has 0 aliphatic carbocycles. The molecule has 0 saturated carbocycles. The summed E-state index contributed by atoms with van der Waals surface area (Å²) < 4.78 is 4.91. The van der Waals surface area contributed by atoms with Gasteiger partial charge in [-0.1, -0.05) is 11.6 Å². The van der Waals surface area contributed by atoms with E-state index in [0.717, 1.165) is 4.90 Å². The van der Waals surface area contributed by atoms with Gasteiger partial charge < -0.3 is 10.1 Å². The van der Waals surface area contributed by atoms with Gasteiger partial charge >= 0.3 is 12.0 Å². The number of anilines is 1. The van der Waals surface area contributed by atoms with Gasteiger partial charge in [0.15, 0.2) is 6.61 Å². The molecule has 1 heterocycles. The van der Waals surface area contributed by atoms with Crippen LogP contribution in [-0.2, 0) is 9.53 Å². The van der Waals surface area contributed by atoms with Crippen LogP contribution in [0.3, 0.4) is 0 Å².